The fraction of sp³-hybridized carbons (Fsp3) is 0.841. The zero-order chi connectivity index (χ0) is 52.7. The number of aliphatic hydroxyl groups excluding tert-OH is 2. The standard InChI is InChI=1S/C69H129NO3/c1-3-5-7-9-11-13-15-17-19-21-23-25-27-28-29-30-31-32-33-34-35-36-37-38-39-40-41-42-43-45-47-49-51-53-55-57-59-61-63-65-69(73)70-67(66-71)68(72)64-62-60-58-56-54-52-50-48-46-44-26-24-22-20-18-16-14-12-10-8-6-4-2/h31-32,34-35,46,48,54,56,62,64,67-68,71-72H,3-30,33,36-45,47,49-53,55,57-61,63,65-66H2,1-2H3,(H,70,73)/b32-31-,35-34-,48-46+,56-54+,64-62+. The minimum Gasteiger partial charge on any atom is -0.394 e. The van der Waals surface area contributed by atoms with Crippen molar-refractivity contribution in [2.24, 2.45) is 0 Å². The van der Waals surface area contributed by atoms with Crippen LogP contribution in [0, 0.1) is 0 Å². The first-order chi connectivity index (χ1) is 36.2. The molecule has 0 aliphatic heterocycles. The van der Waals surface area contributed by atoms with Gasteiger partial charge in [-0.3, -0.25) is 4.79 Å². The highest BCUT2D eigenvalue weighted by atomic mass is 16.3. The summed E-state index contributed by atoms with van der Waals surface area (Å²) in [7, 11) is 0. The van der Waals surface area contributed by atoms with Crippen molar-refractivity contribution in [1.82, 2.24) is 5.32 Å². The first-order valence-corrected chi connectivity index (χ1v) is 33.0. The molecule has 0 saturated carbocycles. The van der Waals surface area contributed by atoms with E-state index in [1.807, 2.05) is 6.08 Å². The monoisotopic (exact) mass is 1020 g/mol. The number of aliphatic hydroxyl groups is 2. The first kappa shape index (κ1) is 71.1. The third-order valence-electron chi connectivity index (χ3n) is 15.2. The van der Waals surface area contributed by atoms with Gasteiger partial charge in [0, 0.05) is 6.42 Å². The molecule has 0 bridgehead atoms. The summed E-state index contributed by atoms with van der Waals surface area (Å²) in [4.78, 5) is 12.5. The summed E-state index contributed by atoms with van der Waals surface area (Å²) in [5, 5.41) is 23.2. The van der Waals surface area contributed by atoms with Gasteiger partial charge in [-0.05, 0) is 77.0 Å². The van der Waals surface area contributed by atoms with Gasteiger partial charge in [-0.25, -0.2) is 0 Å². The van der Waals surface area contributed by atoms with Crippen LogP contribution in [0.1, 0.15) is 354 Å². The summed E-state index contributed by atoms with van der Waals surface area (Å²) in [5.41, 5.74) is 0. The van der Waals surface area contributed by atoms with Crippen LogP contribution in [0.25, 0.3) is 0 Å². The molecule has 4 nitrogen and oxygen atoms in total. The lowest BCUT2D eigenvalue weighted by atomic mass is 10.0. The number of amides is 1. The molecule has 428 valence electrons. The molecule has 0 aromatic heterocycles. The molecule has 0 spiro atoms. The lowest BCUT2D eigenvalue weighted by molar-refractivity contribution is -0.123. The number of nitrogens with one attached hydrogen (secondary N) is 1. The molecule has 0 aliphatic rings. The Balaban J connectivity index is 3.47. The van der Waals surface area contributed by atoms with Crippen LogP contribution in [0.15, 0.2) is 60.8 Å². The number of carbonyl (C=O) groups excluding carboxylic acids is 1. The van der Waals surface area contributed by atoms with E-state index in [-0.39, 0.29) is 12.5 Å². The maximum Gasteiger partial charge on any atom is 0.220 e. The zero-order valence-electron chi connectivity index (χ0n) is 49.4. The highest BCUT2D eigenvalue weighted by molar-refractivity contribution is 5.76. The van der Waals surface area contributed by atoms with Crippen LogP contribution in [0.3, 0.4) is 0 Å². The van der Waals surface area contributed by atoms with Gasteiger partial charge in [0.15, 0.2) is 0 Å². The molecule has 0 radical (unpaired) electrons. The quantitative estimate of drug-likeness (QED) is 0.0420. The normalized spacial score (nSPS) is 13.1. The Morgan fingerprint density at radius 1 is 0.329 bits per heavy atom. The second-order valence-corrected chi connectivity index (χ2v) is 22.5. The van der Waals surface area contributed by atoms with E-state index in [2.05, 4.69) is 67.8 Å². The van der Waals surface area contributed by atoms with Gasteiger partial charge in [0.05, 0.1) is 18.8 Å². The number of carbonyl (C=O) groups is 1. The third-order valence-corrected chi connectivity index (χ3v) is 15.2. The van der Waals surface area contributed by atoms with Crippen LogP contribution in [0.4, 0.5) is 0 Å². The Hall–Kier alpha value is -1.91. The van der Waals surface area contributed by atoms with Crippen molar-refractivity contribution >= 4 is 5.91 Å². The molecule has 0 aromatic carbocycles. The van der Waals surface area contributed by atoms with Crippen molar-refractivity contribution < 1.29 is 15.0 Å². The number of hydrogen-bond donors (Lipinski definition) is 3. The minimum atomic E-state index is -0.873. The Morgan fingerprint density at radius 2 is 0.575 bits per heavy atom. The van der Waals surface area contributed by atoms with Crippen LogP contribution in [0.2, 0.25) is 0 Å². The molecular formula is C69H129NO3. The molecule has 2 unspecified atom stereocenters. The van der Waals surface area contributed by atoms with Gasteiger partial charge in [-0.15, -0.1) is 0 Å². The van der Waals surface area contributed by atoms with E-state index in [9.17, 15) is 15.0 Å². The maximum absolute atomic E-state index is 12.5. The summed E-state index contributed by atoms with van der Waals surface area (Å²) < 4.78 is 0. The van der Waals surface area contributed by atoms with E-state index in [0.29, 0.717) is 6.42 Å². The lowest BCUT2D eigenvalue weighted by Gasteiger charge is -2.19. The smallest absolute Gasteiger partial charge is 0.220 e. The molecule has 0 saturated heterocycles. The van der Waals surface area contributed by atoms with E-state index in [0.717, 1.165) is 44.9 Å². The number of unbranched alkanes of at least 4 members (excludes halogenated alkanes) is 46. The molecule has 73 heavy (non-hydrogen) atoms. The van der Waals surface area contributed by atoms with Gasteiger partial charge in [-0.1, -0.05) is 331 Å². The van der Waals surface area contributed by atoms with Gasteiger partial charge in [0.1, 0.15) is 0 Å². The largest absolute Gasteiger partial charge is 0.394 e. The highest BCUT2D eigenvalue weighted by Crippen LogP contribution is 2.18. The SMILES string of the molecule is CCCCCCCCCCCCCC/C=C/CC/C=C/CC/C=C/C(O)C(CO)NC(=O)CCCCCCCCCCCCCCCCCCC/C=C\C/C=C\CCCCCCCCCCCCCCCCC. The number of allylic oxidation sites excluding steroid dienone is 9. The van der Waals surface area contributed by atoms with Crippen molar-refractivity contribution in [3.8, 4) is 0 Å². The molecule has 0 fully saturated rings. The third kappa shape index (κ3) is 60.8. The van der Waals surface area contributed by atoms with Crippen molar-refractivity contribution in [2.75, 3.05) is 6.61 Å². The number of hydrogen-bond acceptors (Lipinski definition) is 3. The summed E-state index contributed by atoms with van der Waals surface area (Å²) in [6, 6.07) is -0.648. The molecule has 1 amide bonds. The van der Waals surface area contributed by atoms with Gasteiger partial charge in [0.25, 0.3) is 0 Å². The molecule has 0 aromatic rings. The highest BCUT2D eigenvalue weighted by Gasteiger charge is 2.18. The lowest BCUT2D eigenvalue weighted by Crippen LogP contribution is -2.45. The fourth-order valence-corrected chi connectivity index (χ4v) is 10.2. The van der Waals surface area contributed by atoms with Crippen molar-refractivity contribution in [1.29, 1.82) is 0 Å². The minimum absolute atomic E-state index is 0.0741. The number of rotatable bonds is 61. The molecule has 2 atom stereocenters. The average Bonchev–Trinajstić information content (AvgIpc) is 3.40. The fourth-order valence-electron chi connectivity index (χ4n) is 10.2. The van der Waals surface area contributed by atoms with Crippen molar-refractivity contribution in [3.05, 3.63) is 60.8 Å². The predicted octanol–water partition coefficient (Wildman–Crippen LogP) is 22.3. The second-order valence-electron chi connectivity index (χ2n) is 22.5. The Morgan fingerprint density at radius 3 is 0.877 bits per heavy atom. The molecule has 4 heteroatoms. The van der Waals surface area contributed by atoms with E-state index < -0.39 is 12.1 Å². The topological polar surface area (TPSA) is 69.6 Å². The summed E-state index contributed by atoms with van der Waals surface area (Å²) in [6.45, 7) is 4.33. The maximum atomic E-state index is 12.5. The van der Waals surface area contributed by atoms with Gasteiger partial charge < -0.3 is 15.5 Å². The average molecular weight is 1020 g/mol. The van der Waals surface area contributed by atoms with Gasteiger partial charge in [-0.2, -0.15) is 0 Å². The van der Waals surface area contributed by atoms with Crippen LogP contribution in [0.5, 0.6) is 0 Å². The zero-order valence-corrected chi connectivity index (χ0v) is 49.4. The van der Waals surface area contributed by atoms with Crippen LogP contribution in [-0.2, 0) is 4.79 Å². The first-order valence-electron chi connectivity index (χ1n) is 33.0. The van der Waals surface area contributed by atoms with Crippen LogP contribution in [-0.4, -0.2) is 34.9 Å². The van der Waals surface area contributed by atoms with E-state index in [1.165, 1.54) is 289 Å². The molecule has 0 rings (SSSR count). The summed E-state index contributed by atoms with van der Waals surface area (Å²) in [5.74, 6) is -0.0741. The predicted molar refractivity (Wildman–Crippen MR) is 327 cm³/mol. The Kier molecular flexibility index (Phi) is 62.7. The second kappa shape index (κ2) is 64.4. The van der Waals surface area contributed by atoms with Gasteiger partial charge >= 0.3 is 0 Å². The summed E-state index contributed by atoms with van der Waals surface area (Å²) >= 11 is 0. The molecular weight excluding hydrogens is 891 g/mol. The van der Waals surface area contributed by atoms with Crippen molar-refractivity contribution in [2.45, 2.75) is 366 Å². The molecule has 3 N–H and O–H groups in total. The van der Waals surface area contributed by atoms with E-state index in [1.54, 1.807) is 6.08 Å². The van der Waals surface area contributed by atoms with Crippen LogP contribution >= 0.6 is 0 Å². The van der Waals surface area contributed by atoms with Crippen molar-refractivity contribution in [3.63, 3.8) is 0 Å². The Labute approximate surface area is 457 Å². The molecule has 0 heterocycles. The van der Waals surface area contributed by atoms with Gasteiger partial charge in [0.2, 0.25) is 5.91 Å². The van der Waals surface area contributed by atoms with E-state index in [4.69, 9.17) is 0 Å². The van der Waals surface area contributed by atoms with E-state index >= 15 is 0 Å². The Bertz CT molecular complexity index is 1200. The summed E-state index contributed by atoms with van der Waals surface area (Å²) in [6.07, 6.45) is 91.5. The molecule has 0 aliphatic carbocycles. The van der Waals surface area contributed by atoms with Crippen LogP contribution < -0.4 is 5.32 Å².